The summed E-state index contributed by atoms with van der Waals surface area (Å²) in [5.41, 5.74) is 0.580. The van der Waals surface area contributed by atoms with Crippen molar-refractivity contribution >= 4 is 23.6 Å². The van der Waals surface area contributed by atoms with Crippen LogP contribution < -0.4 is 5.32 Å². The number of likely N-dealkylation sites (N-methyl/N-ethyl adjacent to an activating group) is 2. The van der Waals surface area contributed by atoms with Gasteiger partial charge in [-0.05, 0) is 41.1 Å². The number of rotatable bonds is 5. The lowest BCUT2D eigenvalue weighted by Gasteiger charge is -2.18. The van der Waals surface area contributed by atoms with Gasteiger partial charge in [0.15, 0.2) is 5.82 Å². The third-order valence-corrected chi connectivity index (χ3v) is 3.23. The molecule has 1 heterocycles. The van der Waals surface area contributed by atoms with Crippen LogP contribution in [0.1, 0.15) is 11.4 Å². The third kappa shape index (κ3) is 4.00. The number of aromatic nitrogens is 4. The number of amides is 2. The van der Waals surface area contributed by atoms with E-state index in [-0.39, 0.29) is 18.1 Å². The van der Waals surface area contributed by atoms with Gasteiger partial charge in [-0.25, -0.2) is 4.39 Å². The first-order valence-electron chi connectivity index (χ1n) is 7.11. The molecule has 9 heteroatoms. The molecule has 0 aliphatic rings. The minimum absolute atomic E-state index is 0.106. The monoisotopic (exact) mass is 332 g/mol. The van der Waals surface area contributed by atoms with E-state index in [1.54, 1.807) is 13.0 Å². The zero-order chi connectivity index (χ0) is 17.7. The molecule has 1 N–H and O–H groups in total. The second-order valence-electron chi connectivity index (χ2n) is 5.06. The van der Waals surface area contributed by atoms with Gasteiger partial charge < -0.3 is 10.2 Å². The largest absolute Gasteiger partial charge is 0.358 e. The zero-order valence-electron chi connectivity index (χ0n) is 13.5. The molecule has 0 atom stereocenters. The van der Waals surface area contributed by atoms with Crippen LogP contribution in [0, 0.1) is 12.7 Å². The van der Waals surface area contributed by atoms with Crippen molar-refractivity contribution in [2.24, 2.45) is 0 Å². The Morgan fingerprint density at radius 2 is 2.17 bits per heavy atom. The molecule has 1 aromatic heterocycles. The van der Waals surface area contributed by atoms with Gasteiger partial charge in [-0.2, -0.15) is 4.68 Å². The van der Waals surface area contributed by atoms with Gasteiger partial charge in [-0.1, -0.05) is 12.1 Å². The maximum absolute atomic E-state index is 13.4. The highest BCUT2D eigenvalue weighted by atomic mass is 19.1. The van der Waals surface area contributed by atoms with Crippen LogP contribution in [0.4, 0.5) is 4.39 Å². The van der Waals surface area contributed by atoms with Gasteiger partial charge in [-0.15, -0.1) is 5.10 Å². The molecule has 0 bridgehead atoms. The number of carbonyl (C=O) groups is 2. The fourth-order valence-corrected chi connectivity index (χ4v) is 1.98. The molecule has 0 saturated heterocycles. The van der Waals surface area contributed by atoms with Gasteiger partial charge in [0.1, 0.15) is 11.5 Å². The number of halogens is 1. The van der Waals surface area contributed by atoms with Gasteiger partial charge >= 0.3 is 0 Å². The maximum Gasteiger partial charge on any atom is 0.272 e. The molecular weight excluding hydrogens is 315 g/mol. The number of benzene rings is 1. The van der Waals surface area contributed by atoms with Gasteiger partial charge in [0.05, 0.1) is 6.54 Å². The van der Waals surface area contributed by atoms with Crippen LogP contribution in [0.3, 0.4) is 0 Å². The van der Waals surface area contributed by atoms with Crippen LogP contribution in [0.25, 0.3) is 11.8 Å². The van der Waals surface area contributed by atoms with E-state index in [2.05, 4.69) is 20.8 Å². The van der Waals surface area contributed by atoms with E-state index in [0.717, 1.165) is 0 Å². The Kier molecular flexibility index (Phi) is 5.35. The fourth-order valence-electron chi connectivity index (χ4n) is 1.98. The Bertz CT molecular complexity index is 786. The smallest absolute Gasteiger partial charge is 0.272 e. The maximum atomic E-state index is 13.4. The van der Waals surface area contributed by atoms with Crippen molar-refractivity contribution in [2.45, 2.75) is 6.92 Å². The molecule has 8 nitrogen and oxygen atoms in total. The molecule has 126 valence electrons. The number of nitrogens with one attached hydrogen (secondary N) is 1. The predicted octanol–water partition coefficient (Wildman–Crippen LogP) is 0.323. The van der Waals surface area contributed by atoms with Crippen molar-refractivity contribution in [3.63, 3.8) is 0 Å². The van der Waals surface area contributed by atoms with Gasteiger partial charge in [0.2, 0.25) is 5.91 Å². The Labute approximate surface area is 138 Å². The standard InChI is InChI=1S/C15H17FN6O2/c1-10-18-19-20-22(10)13(8-11-5-4-6-12(16)7-11)15(24)21(3)9-14(23)17-2/h4-8H,9H2,1-3H3,(H,17,23). The summed E-state index contributed by atoms with van der Waals surface area (Å²) in [6, 6.07) is 5.77. The number of aryl methyl sites for hydroxylation is 1. The Hall–Kier alpha value is -3.10. The molecule has 0 radical (unpaired) electrons. The third-order valence-electron chi connectivity index (χ3n) is 3.23. The van der Waals surface area contributed by atoms with E-state index in [4.69, 9.17) is 0 Å². The molecular formula is C15H17FN6O2. The number of hydrogen-bond acceptors (Lipinski definition) is 5. The molecule has 0 aliphatic carbocycles. The zero-order valence-corrected chi connectivity index (χ0v) is 13.5. The van der Waals surface area contributed by atoms with Crippen LogP contribution in [-0.2, 0) is 9.59 Å². The van der Waals surface area contributed by atoms with Crippen molar-refractivity contribution in [3.05, 3.63) is 41.5 Å². The summed E-state index contributed by atoms with van der Waals surface area (Å²) in [5.74, 6) is -0.829. The van der Waals surface area contributed by atoms with Crippen LogP contribution in [-0.4, -0.2) is 57.6 Å². The quantitative estimate of drug-likeness (QED) is 0.796. The summed E-state index contributed by atoms with van der Waals surface area (Å²) >= 11 is 0. The molecule has 0 spiro atoms. The average Bonchev–Trinajstić information content (AvgIpc) is 2.97. The fraction of sp³-hybridized carbons (Fsp3) is 0.267. The summed E-state index contributed by atoms with van der Waals surface area (Å²) in [4.78, 5) is 25.4. The number of tetrazole rings is 1. The van der Waals surface area contributed by atoms with E-state index < -0.39 is 11.7 Å². The lowest BCUT2D eigenvalue weighted by molar-refractivity contribution is -0.130. The highest BCUT2D eigenvalue weighted by Crippen LogP contribution is 2.15. The highest BCUT2D eigenvalue weighted by Gasteiger charge is 2.21. The van der Waals surface area contributed by atoms with E-state index in [9.17, 15) is 14.0 Å². The lowest BCUT2D eigenvalue weighted by Crippen LogP contribution is -2.38. The van der Waals surface area contributed by atoms with Crippen molar-refractivity contribution in [1.82, 2.24) is 30.4 Å². The molecule has 0 unspecified atom stereocenters. The Morgan fingerprint density at radius 3 is 2.75 bits per heavy atom. The van der Waals surface area contributed by atoms with E-state index in [1.807, 2.05) is 0 Å². The summed E-state index contributed by atoms with van der Waals surface area (Å²) in [7, 11) is 2.96. The predicted molar refractivity (Wildman–Crippen MR) is 84.8 cm³/mol. The minimum atomic E-state index is -0.474. The SMILES string of the molecule is CNC(=O)CN(C)C(=O)C(=Cc1cccc(F)c1)n1nnnc1C. The first-order chi connectivity index (χ1) is 11.4. The summed E-state index contributed by atoms with van der Waals surface area (Å²) < 4.78 is 14.6. The van der Waals surface area contributed by atoms with Crippen LogP contribution >= 0.6 is 0 Å². The topological polar surface area (TPSA) is 93.0 Å². The molecule has 2 amide bonds. The molecule has 0 fully saturated rings. The molecule has 24 heavy (non-hydrogen) atoms. The number of nitrogens with zero attached hydrogens (tertiary/aromatic N) is 5. The molecule has 0 aliphatic heterocycles. The normalized spacial score (nSPS) is 11.2. The average molecular weight is 332 g/mol. The minimum Gasteiger partial charge on any atom is -0.358 e. The van der Waals surface area contributed by atoms with Crippen molar-refractivity contribution in [1.29, 1.82) is 0 Å². The van der Waals surface area contributed by atoms with E-state index >= 15 is 0 Å². The van der Waals surface area contributed by atoms with Crippen LogP contribution in [0.15, 0.2) is 24.3 Å². The Balaban J connectivity index is 2.42. The number of carbonyl (C=O) groups excluding carboxylic acids is 2. The Morgan fingerprint density at radius 1 is 1.42 bits per heavy atom. The lowest BCUT2D eigenvalue weighted by atomic mass is 10.1. The van der Waals surface area contributed by atoms with Crippen molar-refractivity contribution in [2.75, 3.05) is 20.6 Å². The molecule has 2 aromatic rings. The second-order valence-corrected chi connectivity index (χ2v) is 5.06. The highest BCUT2D eigenvalue weighted by molar-refractivity contribution is 6.18. The first kappa shape index (κ1) is 17.3. The molecule has 1 aromatic carbocycles. The van der Waals surface area contributed by atoms with Crippen LogP contribution in [0.5, 0.6) is 0 Å². The van der Waals surface area contributed by atoms with Crippen molar-refractivity contribution < 1.29 is 14.0 Å². The first-order valence-corrected chi connectivity index (χ1v) is 7.11. The van der Waals surface area contributed by atoms with Gasteiger partial charge in [0.25, 0.3) is 5.91 Å². The van der Waals surface area contributed by atoms with Crippen molar-refractivity contribution in [3.8, 4) is 0 Å². The molecule has 0 saturated carbocycles. The van der Waals surface area contributed by atoms with Gasteiger partial charge in [-0.3, -0.25) is 9.59 Å². The molecule has 2 rings (SSSR count). The summed E-state index contributed by atoms with van der Waals surface area (Å²) in [6.07, 6.45) is 1.47. The van der Waals surface area contributed by atoms with E-state index in [1.165, 1.54) is 48.0 Å². The second kappa shape index (κ2) is 7.44. The number of hydrogen-bond donors (Lipinski definition) is 1. The summed E-state index contributed by atoms with van der Waals surface area (Å²) in [5, 5.41) is 13.5. The van der Waals surface area contributed by atoms with Crippen LogP contribution in [0.2, 0.25) is 0 Å². The van der Waals surface area contributed by atoms with E-state index in [0.29, 0.717) is 11.4 Å². The van der Waals surface area contributed by atoms with Gasteiger partial charge in [0, 0.05) is 14.1 Å². The summed E-state index contributed by atoms with van der Waals surface area (Å²) in [6.45, 7) is 1.50.